The quantitative estimate of drug-likeness (QED) is 0.663. The highest BCUT2D eigenvalue weighted by Gasteiger charge is 2.33. The number of carbonyl (C=O) groups excluding carboxylic acids is 2. The third kappa shape index (κ3) is 5.66. The zero-order valence-electron chi connectivity index (χ0n) is 17.3. The third-order valence-corrected chi connectivity index (χ3v) is 5.58. The summed E-state index contributed by atoms with van der Waals surface area (Å²) < 4.78 is 10.6. The fourth-order valence-corrected chi connectivity index (χ4v) is 3.72. The second kappa shape index (κ2) is 10.3. The maximum Gasteiger partial charge on any atom is 0.225 e. The largest absolute Gasteiger partial charge is 0.493 e. The van der Waals surface area contributed by atoms with Crippen LogP contribution in [0, 0.1) is 5.92 Å². The zero-order chi connectivity index (χ0) is 21.5. The predicted molar refractivity (Wildman–Crippen MR) is 116 cm³/mol. The van der Waals surface area contributed by atoms with E-state index in [1.54, 1.807) is 19.1 Å². The lowest BCUT2D eigenvalue weighted by molar-refractivity contribution is -0.129. The van der Waals surface area contributed by atoms with E-state index >= 15 is 0 Å². The molecule has 1 aliphatic heterocycles. The van der Waals surface area contributed by atoms with E-state index in [1.165, 1.54) is 0 Å². The van der Waals surface area contributed by atoms with Crippen molar-refractivity contribution in [3.8, 4) is 11.5 Å². The van der Waals surface area contributed by atoms with E-state index in [4.69, 9.17) is 21.1 Å². The number of likely N-dealkylation sites (tertiary alicyclic amines) is 1. The molecule has 1 saturated heterocycles. The van der Waals surface area contributed by atoms with Crippen LogP contribution in [0.3, 0.4) is 0 Å². The van der Waals surface area contributed by atoms with Gasteiger partial charge in [-0.25, -0.2) is 0 Å². The van der Waals surface area contributed by atoms with Crippen molar-refractivity contribution in [3.63, 3.8) is 0 Å². The van der Waals surface area contributed by atoms with Crippen LogP contribution in [0.2, 0.25) is 5.02 Å². The number of methoxy groups -OCH3 is 2. The number of amides is 2. The molecule has 2 aromatic carbocycles. The Morgan fingerprint density at radius 1 is 1.07 bits per heavy atom. The van der Waals surface area contributed by atoms with Crippen molar-refractivity contribution in [1.82, 2.24) is 10.2 Å². The first-order valence-electron chi connectivity index (χ1n) is 10.0. The molecule has 0 spiro atoms. The average molecular weight is 431 g/mol. The van der Waals surface area contributed by atoms with Crippen molar-refractivity contribution in [2.75, 3.05) is 33.9 Å². The molecule has 0 bridgehead atoms. The summed E-state index contributed by atoms with van der Waals surface area (Å²) in [6, 6.07) is 13.3. The lowest BCUT2D eigenvalue weighted by Crippen LogP contribution is -2.34. The second-order valence-electron chi connectivity index (χ2n) is 7.35. The molecule has 30 heavy (non-hydrogen) atoms. The summed E-state index contributed by atoms with van der Waals surface area (Å²) in [7, 11) is 3.20. The van der Waals surface area contributed by atoms with Crippen LogP contribution >= 0.6 is 11.6 Å². The number of benzene rings is 2. The highest BCUT2D eigenvalue weighted by atomic mass is 35.5. The van der Waals surface area contributed by atoms with Gasteiger partial charge in [0, 0.05) is 31.1 Å². The van der Waals surface area contributed by atoms with E-state index in [2.05, 4.69) is 5.32 Å². The molecule has 0 aromatic heterocycles. The molecule has 1 unspecified atom stereocenters. The lowest BCUT2D eigenvalue weighted by atomic mass is 10.1. The molecule has 0 aliphatic carbocycles. The van der Waals surface area contributed by atoms with Crippen LogP contribution in [0.25, 0.3) is 0 Å². The molecule has 1 atom stereocenters. The molecule has 0 radical (unpaired) electrons. The number of rotatable bonds is 9. The highest BCUT2D eigenvalue weighted by molar-refractivity contribution is 6.30. The van der Waals surface area contributed by atoms with Crippen LogP contribution in [0.1, 0.15) is 17.5 Å². The van der Waals surface area contributed by atoms with E-state index in [-0.39, 0.29) is 24.2 Å². The van der Waals surface area contributed by atoms with E-state index in [0.29, 0.717) is 42.6 Å². The van der Waals surface area contributed by atoms with Crippen LogP contribution in [0.15, 0.2) is 42.5 Å². The molecule has 6 nitrogen and oxygen atoms in total. The fraction of sp³-hybridized carbons (Fsp3) is 0.391. The molecule has 1 aliphatic rings. The number of carbonyl (C=O) groups is 2. The summed E-state index contributed by atoms with van der Waals surface area (Å²) in [5.74, 6) is 1.00. The van der Waals surface area contributed by atoms with Crippen LogP contribution in [0.4, 0.5) is 0 Å². The zero-order valence-corrected chi connectivity index (χ0v) is 18.1. The van der Waals surface area contributed by atoms with Crippen molar-refractivity contribution < 1.29 is 19.1 Å². The monoisotopic (exact) mass is 430 g/mol. The molecule has 3 rings (SSSR count). The van der Waals surface area contributed by atoms with Crippen LogP contribution in [-0.4, -0.2) is 50.6 Å². The van der Waals surface area contributed by atoms with E-state index in [9.17, 15) is 9.59 Å². The molecule has 1 heterocycles. The Kier molecular flexibility index (Phi) is 7.57. The molecular formula is C23H27ClN2O4. The van der Waals surface area contributed by atoms with Gasteiger partial charge in [-0.1, -0.05) is 29.8 Å². The van der Waals surface area contributed by atoms with Gasteiger partial charge in [-0.2, -0.15) is 0 Å². The number of ether oxygens (including phenoxy) is 2. The van der Waals surface area contributed by atoms with Gasteiger partial charge in [0.05, 0.1) is 20.1 Å². The Balaban J connectivity index is 1.46. The van der Waals surface area contributed by atoms with Crippen molar-refractivity contribution in [2.45, 2.75) is 19.3 Å². The van der Waals surface area contributed by atoms with Crippen molar-refractivity contribution >= 4 is 23.4 Å². The third-order valence-electron chi connectivity index (χ3n) is 5.33. The number of hydrogen-bond donors (Lipinski definition) is 1. The van der Waals surface area contributed by atoms with Gasteiger partial charge < -0.3 is 19.7 Å². The van der Waals surface area contributed by atoms with Gasteiger partial charge in [-0.3, -0.25) is 9.59 Å². The standard InChI is InChI=1S/C23H27ClN2O4/c1-29-20-8-5-17(13-21(20)30-2)10-12-26-15-18(14-22(26)27)23(28)25-11-9-16-3-6-19(24)7-4-16/h3-8,13,18H,9-12,14-15H2,1-2H3,(H,25,28). The van der Waals surface area contributed by atoms with Gasteiger partial charge in [0.2, 0.25) is 11.8 Å². The van der Waals surface area contributed by atoms with Crippen LogP contribution in [0.5, 0.6) is 11.5 Å². The Morgan fingerprint density at radius 3 is 2.47 bits per heavy atom. The van der Waals surface area contributed by atoms with Gasteiger partial charge >= 0.3 is 0 Å². The molecule has 2 amide bonds. The van der Waals surface area contributed by atoms with Crippen LogP contribution < -0.4 is 14.8 Å². The molecule has 160 valence electrons. The summed E-state index contributed by atoms with van der Waals surface area (Å²) in [5, 5.41) is 3.64. The molecule has 2 aromatic rings. The lowest BCUT2D eigenvalue weighted by Gasteiger charge is -2.17. The summed E-state index contributed by atoms with van der Waals surface area (Å²) in [4.78, 5) is 26.6. The Morgan fingerprint density at radius 2 is 1.77 bits per heavy atom. The fourth-order valence-electron chi connectivity index (χ4n) is 3.59. The summed E-state index contributed by atoms with van der Waals surface area (Å²) >= 11 is 5.88. The minimum atomic E-state index is -0.298. The first-order chi connectivity index (χ1) is 14.5. The molecule has 1 N–H and O–H groups in total. The van der Waals surface area contributed by atoms with Gasteiger partial charge in [0.15, 0.2) is 11.5 Å². The number of nitrogens with zero attached hydrogens (tertiary/aromatic N) is 1. The molecule has 0 saturated carbocycles. The molecule has 1 fully saturated rings. The predicted octanol–water partition coefficient (Wildman–Crippen LogP) is 3.11. The molecular weight excluding hydrogens is 404 g/mol. The maximum atomic E-state index is 12.5. The average Bonchev–Trinajstić information content (AvgIpc) is 3.14. The highest BCUT2D eigenvalue weighted by Crippen LogP contribution is 2.28. The number of nitrogens with one attached hydrogen (secondary N) is 1. The minimum absolute atomic E-state index is 0.0216. The second-order valence-corrected chi connectivity index (χ2v) is 7.78. The van der Waals surface area contributed by atoms with E-state index < -0.39 is 0 Å². The Hall–Kier alpha value is -2.73. The van der Waals surface area contributed by atoms with Gasteiger partial charge in [0.1, 0.15) is 0 Å². The smallest absolute Gasteiger partial charge is 0.225 e. The summed E-state index contributed by atoms with van der Waals surface area (Å²) in [5.41, 5.74) is 2.16. The van der Waals surface area contributed by atoms with Crippen molar-refractivity contribution in [1.29, 1.82) is 0 Å². The number of hydrogen-bond acceptors (Lipinski definition) is 4. The van der Waals surface area contributed by atoms with Crippen LogP contribution in [-0.2, 0) is 22.4 Å². The Bertz CT molecular complexity index is 885. The summed E-state index contributed by atoms with van der Waals surface area (Å²) in [6.07, 6.45) is 1.68. The first kappa shape index (κ1) is 22.0. The topological polar surface area (TPSA) is 67.9 Å². The summed E-state index contributed by atoms with van der Waals surface area (Å²) in [6.45, 7) is 1.57. The number of halogens is 1. The van der Waals surface area contributed by atoms with E-state index in [0.717, 1.165) is 17.5 Å². The maximum absolute atomic E-state index is 12.5. The van der Waals surface area contributed by atoms with Crippen molar-refractivity contribution in [3.05, 3.63) is 58.6 Å². The van der Waals surface area contributed by atoms with E-state index in [1.807, 2.05) is 42.5 Å². The van der Waals surface area contributed by atoms with Gasteiger partial charge in [-0.15, -0.1) is 0 Å². The van der Waals surface area contributed by atoms with Crippen molar-refractivity contribution in [2.24, 2.45) is 5.92 Å². The van der Waals surface area contributed by atoms with Gasteiger partial charge in [0.25, 0.3) is 0 Å². The molecule has 7 heteroatoms. The minimum Gasteiger partial charge on any atom is -0.493 e. The SMILES string of the molecule is COc1ccc(CCN2CC(C(=O)NCCc3ccc(Cl)cc3)CC2=O)cc1OC. The Labute approximate surface area is 182 Å². The van der Waals surface area contributed by atoms with Gasteiger partial charge in [-0.05, 0) is 48.2 Å². The first-order valence-corrected chi connectivity index (χ1v) is 10.4. The normalized spacial score (nSPS) is 15.9.